The predicted molar refractivity (Wildman–Crippen MR) is 206 cm³/mol. The van der Waals surface area contributed by atoms with Crippen LogP contribution < -0.4 is 0 Å². The maximum atomic E-state index is 8.83. The van der Waals surface area contributed by atoms with Gasteiger partial charge in [-0.3, -0.25) is 4.98 Å². The van der Waals surface area contributed by atoms with Gasteiger partial charge in [0.1, 0.15) is 0 Å². The molecule has 0 atom stereocenters. The van der Waals surface area contributed by atoms with Crippen LogP contribution in [-0.4, -0.2) is 14.5 Å². The van der Waals surface area contributed by atoms with Gasteiger partial charge in [-0.15, -0.1) is 71.3 Å². The maximum Gasteiger partial charge on any atom is 0.0774 e. The van der Waals surface area contributed by atoms with E-state index in [2.05, 4.69) is 35.3 Å². The van der Waals surface area contributed by atoms with E-state index in [1.54, 1.807) is 12.1 Å². The first-order chi connectivity index (χ1) is 25.8. The normalized spacial score (nSPS) is 13.7. The summed E-state index contributed by atoms with van der Waals surface area (Å²) in [6.07, 6.45) is 1.83. The summed E-state index contributed by atoms with van der Waals surface area (Å²) < 4.78 is 50.7. The third kappa shape index (κ3) is 8.05. The number of nitrogens with zero attached hydrogens (tertiary/aromatic N) is 3. The number of aromatic nitrogens is 3. The van der Waals surface area contributed by atoms with Gasteiger partial charge in [-0.2, -0.15) is 0 Å². The fourth-order valence-corrected chi connectivity index (χ4v) is 5.89. The molecule has 0 aliphatic heterocycles. The second-order valence-corrected chi connectivity index (χ2v) is 12.7. The van der Waals surface area contributed by atoms with E-state index < -0.39 is 24.5 Å². The van der Waals surface area contributed by atoms with Crippen molar-refractivity contribution in [2.75, 3.05) is 0 Å². The Morgan fingerprint density at radius 1 is 0.680 bits per heavy atom. The standard InChI is InChI=1S/C26H27N2.C20H18N.Ir/c1-17(2)21-9-8-10-22(18(3)4)25(21)28-24-12-7-6-11-23(24)27-26(28)20-15-13-19(5)14-16-20;1-15(2)16-8-10-17(11-9-16)19-12-13-21-20(14-19)18-6-4-3-5-7-18;/h6-15,17-18H,1-5H3;3-6,8-15H,1-2H3;/q2*-1;/i5D3,17D,18D;15D;. The van der Waals surface area contributed by atoms with E-state index in [0.717, 1.165) is 55.8 Å². The zero-order valence-electron chi connectivity index (χ0n) is 35.3. The first kappa shape index (κ1) is 29.1. The number of imidazole rings is 1. The van der Waals surface area contributed by atoms with Crippen molar-refractivity contribution in [2.24, 2.45) is 0 Å². The van der Waals surface area contributed by atoms with Gasteiger partial charge >= 0.3 is 0 Å². The SMILES string of the molecule is [2H]C(C)(C)c1ccc(-c2ccnc(-c3[c-]cccc3)c2)cc1.[2H]C([2H])([2H])c1c[c-]c(-c2nc3ccccc3n2-c2c(C([2H])(C)C)cccc2C([2H])(C)C)cc1.[Ir]. The fourth-order valence-electron chi connectivity index (χ4n) is 5.89. The van der Waals surface area contributed by atoms with Crippen molar-refractivity contribution in [3.05, 3.63) is 162 Å². The van der Waals surface area contributed by atoms with Crippen LogP contribution in [0.4, 0.5) is 0 Å². The average molecular weight is 838 g/mol. The quantitative estimate of drug-likeness (QED) is 0.150. The van der Waals surface area contributed by atoms with Crippen LogP contribution >= 0.6 is 0 Å². The molecule has 1 radical (unpaired) electrons. The molecule has 0 spiro atoms. The molecule has 2 heterocycles. The molecule has 4 heteroatoms. The number of rotatable bonds is 7. The van der Waals surface area contributed by atoms with Crippen LogP contribution in [0.15, 0.2) is 128 Å². The Morgan fingerprint density at radius 3 is 2.02 bits per heavy atom. The number of pyridine rings is 1. The van der Waals surface area contributed by atoms with Crippen LogP contribution in [0.25, 0.3) is 50.5 Å². The number of fused-ring (bicyclic) bond motifs is 1. The van der Waals surface area contributed by atoms with Gasteiger partial charge in [-0.25, -0.2) is 0 Å². The third-order valence-corrected chi connectivity index (χ3v) is 8.49. The molecule has 2 aromatic heterocycles. The van der Waals surface area contributed by atoms with E-state index in [-0.39, 0.29) is 25.7 Å². The Kier molecular flexibility index (Phi) is 9.55. The van der Waals surface area contributed by atoms with Gasteiger partial charge in [0.05, 0.1) is 16.9 Å². The zero-order chi connectivity index (χ0) is 39.8. The number of para-hydroxylation sites is 3. The van der Waals surface area contributed by atoms with Crippen molar-refractivity contribution in [1.29, 1.82) is 0 Å². The van der Waals surface area contributed by atoms with Crippen LogP contribution in [-0.2, 0) is 20.1 Å². The minimum absolute atomic E-state index is 0. The molecular weight excluding hydrogens is 787 g/mol. The molecule has 0 unspecified atom stereocenters. The molecule has 3 nitrogen and oxygen atoms in total. The van der Waals surface area contributed by atoms with Gasteiger partial charge in [0.25, 0.3) is 0 Å². The number of hydrogen-bond acceptors (Lipinski definition) is 2. The average Bonchev–Trinajstić information content (AvgIpc) is 3.53. The van der Waals surface area contributed by atoms with Crippen molar-refractivity contribution in [1.82, 2.24) is 14.5 Å². The smallest absolute Gasteiger partial charge is 0.0774 e. The molecule has 7 rings (SSSR count). The van der Waals surface area contributed by atoms with E-state index in [1.165, 1.54) is 6.07 Å². The largest absolute Gasteiger partial charge is 0.333 e. The van der Waals surface area contributed by atoms with E-state index in [0.29, 0.717) is 11.4 Å². The van der Waals surface area contributed by atoms with E-state index >= 15 is 0 Å². The Bertz CT molecular complexity index is 2370. The first-order valence-electron chi connectivity index (χ1n) is 19.5. The molecule has 0 fully saturated rings. The topological polar surface area (TPSA) is 30.7 Å². The summed E-state index contributed by atoms with van der Waals surface area (Å²) in [5.74, 6) is -1.82. The molecule has 0 aliphatic carbocycles. The molecule has 255 valence electrons. The van der Waals surface area contributed by atoms with Gasteiger partial charge in [0.15, 0.2) is 0 Å². The molecule has 5 aromatic carbocycles. The van der Waals surface area contributed by atoms with Crippen molar-refractivity contribution in [3.8, 4) is 39.5 Å². The molecule has 0 N–H and O–H groups in total. The first-order valence-corrected chi connectivity index (χ1v) is 16.5. The Morgan fingerprint density at radius 2 is 1.40 bits per heavy atom. The number of benzene rings is 5. The molecule has 0 amide bonds. The summed E-state index contributed by atoms with van der Waals surface area (Å²) in [5, 5.41) is 0. The molecule has 0 bridgehead atoms. The molecular formula is C46H45IrN3-2. The van der Waals surface area contributed by atoms with Crippen LogP contribution in [0.2, 0.25) is 0 Å². The summed E-state index contributed by atoms with van der Waals surface area (Å²) in [4.78, 5) is 9.30. The second-order valence-electron chi connectivity index (χ2n) is 12.7. The van der Waals surface area contributed by atoms with Crippen LogP contribution in [0.3, 0.4) is 0 Å². The molecule has 7 aromatic rings. The van der Waals surface area contributed by atoms with Gasteiger partial charge in [-0.1, -0.05) is 109 Å². The predicted octanol–water partition coefficient (Wildman–Crippen LogP) is 12.4. The van der Waals surface area contributed by atoms with Crippen LogP contribution in [0, 0.1) is 19.0 Å². The van der Waals surface area contributed by atoms with Crippen LogP contribution in [0.1, 0.15) is 89.7 Å². The summed E-state index contributed by atoms with van der Waals surface area (Å²) in [5.41, 5.74) is 9.99. The Labute approximate surface area is 320 Å². The van der Waals surface area contributed by atoms with Gasteiger partial charge in [-0.05, 0) is 69.4 Å². The van der Waals surface area contributed by atoms with Crippen molar-refractivity contribution < 1.29 is 28.3 Å². The summed E-state index contributed by atoms with van der Waals surface area (Å²) in [6.45, 7) is 8.94. The minimum Gasteiger partial charge on any atom is -0.333 e. The van der Waals surface area contributed by atoms with Gasteiger partial charge < -0.3 is 9.55 Å². The molecule has 0 saturated carbocycles. The number of hydrogen-bond donors (Lipinski definition) is 0. The second kappa shape index (κ2) is 16.4. The van der Waals surface area contributed by atoms with Gasteiger partial charge in [0.2, 0.25) is 0 Å². The monoisotopic (exact) mass is 838 g/mol. The number of aryl methyl sites for hydroxylation is 1. The molecule has 50 heavy (non-hydrogen) atoms. The summed E-state index contributed by atoms with van der Waals surface area (Å²) >= 11 is 0. The third-order valence-electron chi connectivity index (χ3n) is 8.49. The van der Waals surface area contributed by atoms with Crippen LogP contribution in [0.5, 0.6) is 0 Å². The fraction of sp³-hybridized carbons (Fsp3) is 0.217. The molecule has 0 saturated heterocycles. The maximum absolute atomic E-state index is 8.83. The Hall–Kier alpha value is -4.63. The van der Waals surface area contributed by atoms with E-state index in [4.69, 9.17) is 13.2 Å². The van der Waals surface area contributed by atoms with Crippen molar-refractivity contribution in [2.45, 2.75) is 66.1 Å². The minimum atomic E-state index is -2.21. The summed E-state index contributed by atoms with van der Waals surface area (Å²) in [7, 11) is 0. The van der Waals surface area contributed by atoms with E-state index in [9.17, 15) is 0 Å². The molecule has 0 aliphatic rings. The van der Waals surface area contributed by atoms with Crippen molar-refractivity contribution >= 4 is 11.0 Å². The summed E-state index contributed by atoms with van der Waals surface area (Å²) in [6, 6.07) is 44.7. The van der Waals surface area contributed by atoms with Crippen molar-refractivity contribution in [3.63, 3.8) is 0 Å². The van der Waals surface area contributed by atoms with Gasteiger partial charge in [0, 0.05) is 40.2 Å². The van der Waals surface area contributed by atoms with E-state index in [1.807, 2.05) is 137 Å². The Balaban J connectivity index is 0.000000227. The zero-order valence-corrected chi connectivity index (χ0v) is 31.7.